The molecule has 3 nitrogen and oxygen atoms in total. The number of nitrogens with one attached hydrogen (secondary N) is 2. The molecule has 0 heterocycles. The Labute approximate surface area is 119 Å². The second kappa shape index (κ2) is 6.80. The maximum atomic E-state index is 12.0. The molecule has 1 aromatic rings. The second-order valence-corrected chi connectivity index (χ2v) is 5.55. The first-order chi connectivity index (χ1) is 9.19. The predicted octanol–water partition coefficient (Wildman–Crippen LogP) is 4.03. The van der Waals surface area contributed by atoms with E-state index in [0.29, 0.717) is 11.1 Å². The van der Waals surface area contributed by atoms with Crippen molar-refractivity contribution in [2.24, 2.45) is 0 Å². The van der Waals surface area contributed by atoms with Gasteiger partial charge in [-0.1, -0.05) is 43.5 Å². The minimum atomic E-state index is -0.0614. The van der Waals surface area contributed by atoms with Crippen molar-refractivity contribution in [2.45, 2.75) is 51.1 Å². The summed E-state index contributed by atoms with van der Waals surface area (Å²) in [4.78, 5) is 12.0. The van der Waals surface area contributed by atoms with E-state index in [0.717, 1.165) is 24.8 Å². The first-order valence-electron chi connectivity index (χ1n) is 7.01. The number of carbonyl (C=O) groups excluding carboxylic acids is 1. The summed E-state index contributed by atoms with van der Waals surface area (Å²) < 4.78 is 0. The molecule has 1 fully saturated rings. The number of halogens is 1. The summed E-state index contributed by atoms with van der Waals surface area (Å²) in [6, 6.07) is 7.97. The maximum Gasteiger partial charge on any atom is 0.315 e. The van der Waals surface area contributed by atoms with E-state index < -0.39 is 0 Å². The Kier molecular flexibility index (Phi) is 5.08. The molecular weight excluding hydrogens is 260 g/mol. The number of carbonyl (C=O) groups is 1. The van der Waals surface area contributed by atoms with Crippen LogP contribution in [0.2, 0.25) is 5.02 Å². The Morgan fingerprint density at radius 1 is 1.32 bits per heavy atom. The van der Waals surface area contributed by atoms with Crippen molar-refractivity contribution in [1.29, 1.82) is 0 Å². The van der Waals surface area contributed by atoms with Crippen molar-refractivity contribution >= 4 is 17.6 Å². The van der Waals surface area contributed by atoms with Gasteiger partial charge in [-0.3, -0.25) is 0 Å². The monoisotopic (exact) mass is 280 g/mol. The van der Waals surface area contributed by atoms with Gasteiger partial charge < -0.3 is 10.6 Å². The molecule has 1 saturated carbocycles. The van der Waals surface area contributed by atoms with Gasteiger partial charge in [-0.05, 0) is 37.0 Å². The standard InChI is InChI=1S/C15H21ClN2O/c1-2-14(11-7-9-12(16)10-8-11)18-15(19)17-13-5-3-4-6-13/h7-10,13-14H,2-6H2,1H3,(H2,17,18,19)/t14-/m1/s1. The van der Waals surface area contributed by atoms with Gasteiger partial charge in [-0.25, -0.2) is 4.79 Å². The van der Waals surface area contributed by atoms with Gasteiger partial charge in [0, 0.05) is 11.1 Å². The molecule has 1 atom stereocenters. The van der Waals surface area contributed by atoms with E-state index in [9.17, 15) is 4.79 Å². The molecule has 0 aliphatic heterocycles. The number of rotatable bonds is 4. The van der Waals surface area contributed by atoms with Crippen molar-refractivity contribution in [1.82, 2.24) is 10.6 Å². The second-order valence-electron chi connectivity index (χ2n) is 5.11. The van der Waals surface area contributed by atoms with Gasteiger partial charge in [0.05, 0.1) is 6.04 Å². The van der Waals surface area contributed by atoms with Gasteiger partial charge in [0.1, 0.15) is 0 Å². The minimum Gasteiger partial charge on any atom is -0.335 e. The summed E-state index contributed by atoms with van der Waals surface area (Å²) in [6.45, 7) is 2.06. The van der Waals surface area contributed by atoms with Gasteiger partial charge in [0.15, 0.2) is 0 Å². The fraction of sp³-hybridized carbons (Fsp3) is 0.533. The van der Waals surface area contributed by atoms with E-state index in [-0.39, 0.29) is 12.1 Å². The lowest BCUT2D eigenvalue weighted by molar-refractivity contribution is 0.233. The zero-order chi connectivity index (χ0) is 13.7. The molecule has 1 aromatic carbocycles. The molecule has 2 rings (SSSR count). The van der Waals surface area contributed by atoms with Crippen molar-refractivity contribution in [3.8, 4) is 0 Å². The molecule has 2 N–H and O–H groups in total. The molecule has 19 heavy (non-hydrogen) atoms. The normalized spacial score (nSPS) is 17.2. The number of benzene rings is 1. The average molecular weight is 281 g/mol. The van der Waals surface area contributed by atoms with E-state index in [4.69, 9.17) is 11.6 Å². The quantitative estimate of drug-likeness (QED) is 0.859. The Hall–Kier alpha value is -1.22. The summed E-state index contributed by atoms with van der Waals surface area (Å²) in [7, 11) is 0. The van der Waals surface area contributed by atoms with Gasteiger partial charge in [0.2, 0.25) is 0 Å². The Morgan fingerprint density at radius 3 is 2.53 bits per heavy atom. The molecule has 4 heteroatoms. The van der Waals surface area contributed by atoms with Crippen LogP contribution in [0.3, 0.4) is 0 Å². The van der Waals surface area contributed by atoms with Crippen LogP contribution >= 0.6 is 11.6 Å². The Morgan fingerprint density at radius 2 is 1.95 bits per heavy atom. The van der Waals surface area contributed by atoms with E-state index in [2.05, 4.69) is 17.6 Å². The summed E-state index contributed by atoms with van der Waals surface area (Å²) in [5, 5.41) is 6.80. The largest absolute Gasteiger partial charge is 0.335 e. The van der Waals surface area contributed by atoms with Gasteiger partial charge in [-0.2, -0.15) is 0 Å². The lowest BCUT2D eigenvalue weighted by atomic mass is 10.1. The van der Waals surface area contributed by atoms with Crippen LogP contribution in [0.4, 0.5) is 4.79 Å². The summed E-state index contributed by atoms with van der Waals surface area (Å²) in [5.74, 6) is 0. The highest BCUT2D eigenvalue weighted by Gasteiger charge is 2.19. The van der Waals surface area contributed by atoms with Gasteiger partial charge in [0.25, 0.3) is 0 Å². The van der Waals surface area contributed by atoms with Crippen molar-refractivity contribution in [3.05, 3.63) is 34.9 Å². The third-order valence-corrected chi connectivity index (χ3v) is 3.93. The highest BCUT2D eigenvalue weighted by molar-refractivity contribution is 6.30. The molecule has 0 bridgehead atoms. The van der Waals surface area contributed by atoms with Crippen LogP contribution in [0, 0.1) is 0 Å². The predicted molar refractivity (Wildman–Crippen MR) is 78.4 cm³/mol. The van der Waals surface area contributed by atoms with Crippen LogP contribution < -0.4 is 10.6 Å². The third-order valence-electron chi connectivity index (χ3n) is 3.68. The van der Waals surface area contributed by atoms with Crippen molar-refractivity contribution in [3.63, 3.8) is 0 Å². The SMILES string of the molecule is CC[C@@H](NC(=O)NC1CCCC1)c1ccc(Cl)cc1. The van der Waals surface area contributed by atoms with Gasteiger partial charge in [-0.15, -0.1) is 0 Å². The van der Waals surface area contributed by atoms with E-state index >= 15 is 0 Å². The lowest BCUT2D eigenvalue weighted by Crippen LogP contribution is -2.42. The van der Waals surface area contributed by atoms with Gasteiger partial charge >= 0.3 is 6.03 Å². The Bertz CT molecular complexity index is 413. The number of amides is 2. The average Bonchev–Trinajstić information content (AvgIpc) is 2.90. The molecule has 1 aliphatic rings. The molecule has 0 spiro atoms. The molecule has 0 aromatic heterocycles. The fourth-order valence-electron chi connectivity index (χ4n) is 2.57. The molecule has 2 amide bonds. The van der Waals surface area contributed by atoms with Crippen LogP contribution in [0.15, 0.2) is 24.3 Å². The fourth-order valence-corrected chi connectivity index (χ4v) is 2.70. The highest BCUT2D eigenvalue weighted by atomic mass is 35.5. The van der Waals surface area contributed by atoms with Crippen LogP contribution in [-0.2, 0) is 0 Å². The highest BCUT2D eigenvalue weighted by Crippen LogP contribution is 2.20. The topological polar surface area (TPSA) is 41.1 Å². The smallest absolute Gasteiger partial charge is 0.315 e. The first-order valence-corrected chi connectivity index (χ1v) is 7.39. The maximum absolute atomic E-state index is 12.0. The molecule has 0 radical (unpaired) electrons. The number of hydrogen-bond acceptors (Lipinski definition) is 1. The van der Waals surface area contributed by atoms with Crippen LogP contribution in [0.1, 0.15) is 50.6 Å². The molecular formula is C15H21ClN2O. The van der Waals surface area contributed by atoms with E-state index in [1.165, 1.54) is 12.8 Å². The summed E-state index contributed by atoms with van der Waals surface area (Å²) >= 11 is 5.88. The molecule has 104 valence electrons. The number of hydrogen-bond donors (Lipinski definition) is 2. The molecule has 1 aliphatic carbocycles. The summed E-state index contributed by atoms with van der Waals surface area (Å²) in [6.07, 6.45) is 5.51. The molecule has 0 saturated heterocycles. The number of urea groups is 1. The summed E-state index contributed by atoms with van der Waals surface area (Å²) in [5.41, 5.74) is 1.09. The lowest BCUT2D eigenvalue weighted by Gasteiger charge is -2.20. The van der Waals surface area contributed by atoms with Crippen LogP contribution in [0.25, 0.3) is 0 Å². The van der Waals surface area contributed by atoms with E-state index in [1.807, 2.05) is 24.3 Å². The van der Waals surface area contributed by atoms with Crippen molar-refractivity contribution in [2.75, 3.05) is 0 Å². The zero-order valence-electron chi connectivity index (χ0n) is 11.3. The van der Waals surface area contributed by atoms with E-state index in [1.54, 1.807) is 0 Å². The third kappa shape index (κ3) is 4.13. The molecule has 0 unspecified atom stereocenters. The first kappa shape index (κ1) is 14.2. The minimum absolute atomic E-state index is 0.0404. The van der Waals surface area contributed by atoms with Crippen molar-refractivity contribution < 1.29 is 4.79 Å². The van der Waals surface area contributed by atoms with Crippen LogP contribution in [-0.4, -0.2) is 12.1 Å². The Balaban J connectivity index is 1.90. The van der Waals surface area contributed by atoms with Crippen LogP contribution in [0.5, 0.6) is 0 Å². The zero-order valence-corrected chi connectivity index (χ0v) is 12.0.